The van der Waals surface area contributed by atoms with Gasteiger partial charge in [0.05, 0.1) is 5.56 Å². The molecule has 2 nitrogen and oxygen atoms in total. The third-order valence-corrected chi connectivity index (χ3v) is 1.83. The summed E-state index contributed by atoms with van der Waals surface area (Å²) in [6, 6.07) is 4.15. The first-order chi connectivity index (χ1) is 5.69. The van der Waals surface area contributed by atoms with Crippen LogP contribution in [0.15, 0.2) is 12.1 Å². The summed E-state index contributed by atoms with van der Waals surface area (Å²) in [6.45, 7) is 0.168. The molecule has 2 N–H and O–H groups in total. The van der Waals surface area contributed by atoms with Crippen LogP contribution in [0, 0.1) is 17.1 Å². The number of nitrogens with zero attached hydrogens (tertiary/aromatic N) is 1. The third-order valence-electron chi connectivity index (χ3n) is 1.48. The standard InChI is InChI=1S/C8H6ClFN2/c9-7-1-6(4-12)8(10)2-5(7)3-11/h1-2H,3,11H2. The van der Waals surface area contributed by atoms with Gasteiger partial charge in [-0.15, -0.1) is 0 Å². The van der Waals surface area contributed by atoms with E-state index in [1.165, 1.54) is 12.1 Å². The van der Waals surface area contributed by atoms with E-state index < -0.39 is 5.82 Å². The first kappa shape index (κ1) is 8.98. The topological polar surface area (TPSA) is 49.8 Å². The Kier molecular flexibility index (Phi) is 2.64. The average Bonchev–Trinajstić information content (AvgIpc) is 2.08. The maximum atomic E-state index is 12.9. The van der Waals surface area contributed by atoms with Gasteiger partial charge in [-0.25, -0.2) is 4.39 Å². The molecule has 4 heteroatoms. The van der Waals surface area contributed by atoms with Crippen molar-refractivity contribution >= 4 is 11.6 Å². The third kappa shape index (κ3) is 1.55. The van der Waals surface area contributed by atoms with E-state index in [0.717, 1.165) is 0 Å². The molecule has 0 saturated carbocycles. The van der Waals surface area contributed by atoms with Gasteiger partial charge in [-0.3, -0.25) is 0 Å². The summed E-state index contributed by atoms with van der Waals surface area (Å²) in [5.41, 5.74) is 5.73. The molecule has 0 radical (unpaired) electrons. The second-order valence-corrected chi connectivity index (χ2v) is 2.65. The minimum Gasteiger partial charge on any atom is -0.326 e. The molecular formula is C8H6ClFN2. The van der Waals surface area contributed by atoms with Crippen molar-refractivity contribution in [1.82, 2.24) is 0 Å². The highest BCUT2D eigenvalue weighted by molar-refractivity contribution is 6.31. The second-order valence-electron chi connectivity index (χ2n) is 2.24. The zero-order valence-corrected chi connectivity index (χ0v) is 6.90. The summed E-state index contributed by atoms with van der Waals surface area (Å²) in [5, 5.41) is 8.76. The van der Waals surface area contributed by atoms with Crippen molar-refractivity contribution in [2.75, 3.05) is 0 Å². The Morgan fingerprint density at radius 2 is 2.25 bits per heavy atom. The predicted octanol–water partition coefficient (Wildman–Crippen LogP) is 1.81. The lowest BCUT2D eigenvalue weighted by molar-refractivity contribution is 0.621. The summed E-state index contributed by atoms with van der Waals surface area (Å²) in [4.78, 5) is 0. The number of benzene rings is 1. The summed E-state index contributed by atoms with van der Waals surface area (Å²) in [7, 11) is 0. The van der Waals surface area contributed by atoms with Crippen LogP contribution in [-0.4, -0.2) is 0 Å². The maximum Gasteiger partial charge on any atom is 0.141 e. The highest BCUT2D eigenvalue weighted by Crippen LogP contribution is 2.19. The molecule has 0 aliphatic heterocycles. The monoisotopic (exact) mass is 184 g/mol. The molecular weight excluding hydrogens is 179 g/mol. The van der Waals surface area contributed by atoms with Gasteiger partial charge in [-0.2, -0.15) is 5.26 Å². The number of hydrogen-bond acceptors (Lipinski definition) is 2. The molecule has 0 fully saturated rings. The molecule has 0 aromatic heterocycles. The van der Waals surface area contributed by atoms with Crippen LogP contribution in [0.4, 0.5) is 4.39 Å². The molecule has 12 heavy (non-hydrogen) atoms. The van der Waals surface area contributed by atoms with Crippen molar-refractivity contribution < 1.29 is 4.39 Å². The molecule has 0 bridgehead atoms. The molecule has 0 aliphatic carbocycles. The molecule has 0 atom stereocenters. The van der Waals surface area contributed by atoms with E-state index >= 15 is 0 Å². The van der Waals surface area contributed by atoms with Gasteiger partial charge in [0.1, 0.15) is 11.9 Å². The van der Waals surface area contributed by atoms with Crippen molar-refractivity contribution in [3.05, 3.63) is 34.1 Å². The highest BCUT2D eigenvalue weighted by atomic mass is 35.5. The van der Waals surface area contributed by atoms with E-state index in [0.29, 0.717) is 10.6 Å². The first-order valence-electron chi connectivity index (χ1n) is 3.27. The molecule has 0 spiro atoms. The molecule has 0 unspecified atom stereocenters. The van der Waals surface area contributed by atoms with Gasteiger partial charge in [0.15, 0.2) is 0 Å². The quantitative estimate of drug-likeness (QED) is 0.724. The normalized spacial score (nSPS) is 9.50. The fourth-order valence-corrected chi connectivity index (χ4v) is 1.07. The fourth-order valence-electron chi connectivity index (χ4n) is 0.830. The Labute approximate surface area is 74.4 Å². The predicted molar refractivity (Wildman–Crippen MR) is 44.0 cm³/mol. The van der Waals surface area contributed by atoms with E-state index in [-0.39, 0.29) is 12.1 Å². The van der Waals surface area contributed by atoms with Crippen LogP contribution in [0.25, 0.3) is 0 Å². The van der Waals surface area contributed by atoms with Crippen LogP contribution in [0.1, 0.15) is 11.1 Å². The Morgan fingerprint density at radius 1 is 1.58 bits per heavy atom. The Bertz CT molecular complexity index is 343. The SMILES string of the molecule is N#Cc1cc(Cl)c(CN)cc1F. The van der Waals surface area contributed by atoms with Gasteiger partial charge in [0, 0.05) is 11.6 Å². The molecule has 0 saturated heterocycles. The molecule has 0 heterocycles. The smallest absolute Gasteiger partial charge is 0.141 e. The molecule has 1 aromatic carbocycles. The van der Waals surface area contributed by atoms with Gasteiger partial charge >= 0.3 is 0 Å². The largest absolute Gasteiger partial charge is 0.326 e. The van der Waals surface area contributed by atoms with Crippen LogP contribution in [0.3, 0.4) is 0 Å². The lowest BCUT2D eigenvalue weighted by Crippen LogP contribution is -1.99. The Hall–Kier alpha value is -1.11. The maximum absolute atomic E-state index is 12.9. The van der Waals surface area contributed by atoms with Crippen LogP contribution >= 0.6 is 11.6 Å². The average molecular weight is 185 g/mol. The number of rotatable bonds is 1. The van der Waals surface area contributed by atoms with Gasteiger partial charge in [0.25, 0.3) is 0 Å². The van der Waals surface area contributed by atoms with Crippen LogP contribution in [0.5, 0.6) is 0 Å². The summed E-state index contributed by atoms with van der Waals surface area (Å²) in [5.74, 6) is -0.581. The zero-order chi connectivity index (χ0) is 9.14. The Balaban J connectivity index is 3.28. The minimum absolute atomic E-state index is 0.0581. The van der Waals surface area contributed by atoms with Gasteiger partial charge in [-0.05, 0) is 17.7 Å². The van der Waals surface area contributed by atoms with Crippen LogP contribution in [-0.2, 0) is 6.54 Å². The van der Waals surface area contributed by atoms with Gasteiger partial charge < -0.3 is 5.73 Å². The number of halogens is 2. The molecule has 1 aromatic rings. The van der Waals surface area contributed by atoms with E-state index in [2.05, 4.69) is 0 Å². The number of nitriles is 1. The second kappa shape index (κ2) is 3.53. The van der Waals surface area contributed by atoms with Crippen LogP contribution in [0.2, 0.25) is 5.02 Å². The van der Waals surface area contributed by atoms with Crippen molar-refractivity contribution in [2.45, 2.75) is 6.54 Å². The lowest BCUT2D eigenvalue weighted by atomic mass is 10.1. The lowest BCUT2D eigenvalue weighted by Gasteiger charge is -2.01. The van der Waals surface area contributed by atoms with E-state index in [1.807, 2.05) is 0 Å². The van der Waals surface area contributed by atoms with E-state index in [9.17, 15) is 4.39 Å². The minimum atomic E-state index is -0.581. The first-order valence-corrected chi connectivity index (χ1v) is 3.65. The summed E-state index contributed by atoms with van der Waals surface area (Å²) < 4.78 is 12.9. The molecule has 0 aliphatic rings. The molecule has 1 rings (SSSR count). The summed E-state index contributed by atoms with van der Waals surface area (Å²) >= 11 is 5.68. The number of nitrogens with two attached hydrogens (primary N) is 1. The van der Waals surface area contributed by atoms with Gasteiger partial charge in [-0.1, -0.05) is 11.6 Å². The highest BCUT2D eigenvalue weighted by Gasteiger charge is 2.06. The summed E-state index contributed by atoms with van der Waals surface area (Å²) in [6.07, 6.45) is 0. The Morgan fingerprint density at radius 3 is 2.75 bits per heavy atom. The van der Waals surface area contributed by atoms with Crippen molar-refractivity contribution in [3.63, 3.8) is 0 Å². The van der Waals surface area contributed by atoms with Crippen LogP contribution < -0.4 is 5.73 Å². The van der Waals surface area contributed by atoms with Crippen molar-refractivity contribution in [2.24, 2.45) is 5.73 Å². The molecule has 62 valence electrons. The van der Waals surface area contributed by atoms with Gasteiger partial charge in [0.2, 0.25) is 0 Å². The van der Waals surface area contributed by atoms with Crippen molar-refractivity contribution in [3.8, 4) is 6.07 Å². The van der Waals surface area contributed by atoms with E-state index in [4.69, 9.17) is 22.6 Å². The fraction of sp³-hybridized carbons (Fsp3) is 0.125. The van der Waals surface area contributed by atoms with Crippen molar-refractivity contribution in [1.29, 1.82) is 5.26 Å². The number of hydrogen-bond donors (Lipinski definition) is 1. The zero-order valence-electron chi connectivity index (χ0n) is 6.14. The molecule has 0 amide bonds. The van der Waals surface area contributed by atoms with E-state index in [1.54, 1.807) is 6.07 Å².